The fraction of sp³-hybridized carbons (Fsp3) is 0. The van der Waals surface area contributed by atoms with Crippen molar-refractivity contribution in [3.63, 3.8) is 0 Å². The zero-order valence-corrected chi connectivity index (χ0v) is 12.3. The predicted octanol–water partition coefficient (Wildman–Crippen LogP) is 4.63. The number of hydrogen-bond acceptors (Lipinski definition) is 3. The minimum atomic E-state index is -0.502. The molecule has 0 saturated carbocycles. The van der Waals surface area contributed by atoms with Crippen molar-refractivity contribution >= 4 is 40.2 Å². The summed E-state index contributed by atoms with van der Waals surface area (Å²) >= 11 is 13.0. The van der Waals surface area contributed by atoms with Crippen LogP contribution in [-0.2, 0) is 0 Å². The molecule has 20 heavy (non-hydrogen) atoms. The van der Waals surface area contributed by atoms with Crippen LogP contribution in [0.2, 0.25) is 9.36 Å². The first-order chi connectivity index (χ1) is 9.54. The molecule has 0 spiro atoms. The Morgan fingerprint density at radius 1 is 1.25 bits per heavy atom. The van der Waals surface area contributed by atoms with Crippen LogP contribution in [0.25, 0.3) is 16.9 Å². The second-order valence-electron chi connectivity index (χ2n) is 4.12. The summed E-state index contributed by atoms with van der Waals surface area (Å²) in [6.07, 6.45) is 1.63. The van der Waals surface area contributed by atoms with Crippen LogP contribution >= 0.6 is 34.5 Å². The van der Waals surface area contributed by atoms with Crippen molar-refractivity contribution in [2.75, 3.05) is 5.73 Å². The number of benzene rings is 1. The van der Waals surface area contributed by atoms with Gasteiger partial charge in [-0.3, -0.25) is 0 Å². The van der Waals surface area contributed by atoms with E-state index in [1.54, 1.807) is 18.3 Å². The fourth-order valence-electron chi connectivity index (χ4n) is 1.81. The molecular formula is C13H8Cl2FN3S. The zero-order chi connectivity index (χ0) is 14.3. The van der Waals surface area contributed by atoms with Gasteiger partial charge in [0, 0.05) is 17.0 Å². The van der Waals surface area contributed by atoms with Crippen molar-refractivity contribution in [1.82, 2.24) is 9.78 Å². The zero-order valence-electron chi connectivity index (χ0n) is 9.98. The number of nitrogen functional groups attached to an aromatic ring is 1. The molecule has 2 aromatic heterocycles. The molecule has 0 aliphatic heterocycles. The molecule has 2 N–H and O–H groups in total. The predicted molar refractivity (Wildman–Crippen MR) is 81.3 cm³/mol. The lowest BCUT2D eigenvalue weighted by Gasteiger charge is -2.01. The van der Waals surface area contributed by atoms with E-state index in [9.17, 15) is 4.39 Å². The summed E-state index contributed by atoms with van der Waals surface area (Å²) in [5.41, 5.74) is 8.44. The molecule has 3 nitrogen and oxygen atoms in total. The number of nitrogens with zero attached hydrogens (tertiary/aromatic N) is 2. The first-order valence-corrected chi connectivity index (χ1v) is 7.23. The van der Waals surface area contributed by atoms with Gasteiger partial charge in [-0.05, 0) is 18.2 Å². The van der Waals surface area contributed by atoms with Gasteiger partial charge in [0.05, 0.1) is 26.9 Å². The van der Waals surface area contributed by atoms with Gasteiger partial charge in [0.2, 0.25) is 0 Å². The Bertz CT molecular complexity index is 782. The summed E-state index contributed by atoms with van der Waals surface area (Å²) in [4.78, 5) is 0. The van der Waals surface area contributed by atoms with E-state index >= 15 is 0 Å². The smallest absolute Gasteiger partial charge is 0.143 e. The number of anilines is 1. The highest BCUT2D eigenvalue weighted by atomic mass is 35.5. The molecule has 7 heteroatoms. The number of thiophene rings is 1. The van der Waals surface area contributed by atoms with E-state index in [0.717, 1.165) is 5.56 Å². The average molecular weight is 328 g/mol. The number of aromatic nitrogens is 2. The van der Waals surface area contributed by atoms with Gasteiger partial charge in [0.15, 0.2) is 0 Å². The Morgan fingerprint density at radius 2 is 2.05 bits per heavy atom. The van der Waals surface area contributed by atoms with Gasteiger partial charge < -0.3 is 5.73 Å². The maximum atomic E-state index is 13.5. The maximum absolute atomic E-state index is 13.5. The molecule has 1 aromatic carbocycles. The summed E-state index contributed by atoms with van der Waals surface area (Å²) in [5.74, 6) is -0.502. The normalized spacial score (nSPS) is 10.9. The third-order valence-corrected chi connectivity index (χ3v) is 4.15. The van der Waals surface area contributed by atoms with E-state index in [-0.39, 0.29) is 5.02 Å². The monoisotopic (exact) mass is 327 g/mol. The summed E-state index contributed by atoms with van der Waals surface area (Å²) in [5, 5.41) is 6.30. The quantitative estimate of drug-likeness (QED) is 0.745. The number of hydrogen-bond donors (Lipinski definition) is 1. The van der Waals surface area contributed by atoms with Gasteiger partial charge in [0.1, 0.15) is 11.5 Å². The van der Waals surface area contributed by atoms with Gasteiger partial charge in [-0.1, -0.05) is 23.2 Å². The summed E-state index contributed by atoms with van der Waals surface area (Å²) in [6.45, 7) is 0. The number of rotatable bonds is 2. The van der Waals surface area contributed by atoms with Crippen molar-refractivity contribution in [2.45, 2.75) is 0 Å². The molecular weight excluding hydrogens is 320 g/mol. The van der Waals surface area contributed by atoms with Gasteiger partial charge in [-0.15, -0.1) is 11.3 Å². The van der Waals surface area contributed by atoms with Crippen LogP contribution in [0.3, 0.4) is 0 Å². The van der Waals surface area contributed by atoms with Gasteiger partial charge in [-0.25, -0.2) is 9.07 Å². The van der Waals surface area contributed by atoms with Crippen LogP contribution in [0.1, 0.15) is 0 Å². The molecule has 0 aliphatic carbocycles. The molecule has 0 unspecified atom stereocenters. The number of nitrogens with two attached hydrogens (primary N) is 1. The Labute approximate surface area is 128 Å². The van der Waals surface area contributed by atoms with E-state index in [2.05, 4.69) is 5.10 Å². The topological polar surface area (TPSA) is 43.8 Å². The van der Waals surface area contributed by atoms with Gasteiger partial charge >= 0.3 is 0 Å². The van der Waals surface area contributed by atoms with E-state index in [0.29, 0.717) is 21.4 Å². The lowest BCUT2D eigenvalue weighted by Crippen LogP contribution is -1.95. The van der Waals surface area contributed by atoms with Crippen molar-refractivity contribution in [2.24, 2.45) is 0 Å². The first-order valence-electron chi connectivity index (χ1n) is 5.59. The fourth-order valence-corrected chi connectivity index (χ4v) is 2.79. The molecule has 102 valence electrons. The largest absolute Gasteiger partial charge is 0.396 e. The summed E-state index contributed by atoms with van der Waals surface area (Å²) in [7, 11) is 0. The molecule has 3 rings (SSSR count). The standard InChI is InChI=1S/C13H8Cl2FN3S/c14-9-2-1-8(4-10(9)16)19-5-11(17)13(18-19)7-3-12(15)20-6-7/h1-6H,17H2. The van der Waals surface area contributed by atoms with Crippen molar-refractivity contribution in [1.29, 1.82) is 0 Å². The Morgan fingerprint density at radius 3 is 2.70 bits per heavy atom. The molecule has 3 aromatic rings. The van der Waals surface area contributed by atoms with Gasteiger partial charge in [-0.2, -0.15) is 5.10 Å². The third-order valence-electron chi connectivity index (χ3n) is 2.75. The van der Waals surface area contributed by atoms with E-state index in [4.69, 9.17) is 28.9 Å². The minimum absolute atomic E-state index is 0.0683. The molecule has 0 saturated heterocycles. The Balaban J connectivity index is 2.06. The molecule has 2 heterocycles. The van der Waals surface area contributed by atoms with Crippen molar-refractivity contribution < 1.29 is 4.39 Å². The van der Waals surface area contributed by atoms with E-state index < -0.39 is 5.82 Å². The highest BCUT2D eigenvalue weighted by molar-refractivity contribution is 7.14. The lowest BCUT2D eigenvalue weighted by molar-refractivity contribution is 0.626. The number of halogens is 3. The van der Waals surface area contributed by atoms with Crippen molar-refractivity contribution in [3.8, 4) is 16.9 Å². The van der Waals surface area contributed by atoms with Crippen LogP contribution < -0.4 is 5.73 Å². The molecule has 0 atom stereocenters. The van der Waals surface area contributed by atoms with Crippen molar-refractivity contribution in [3.05, 3.63) is 51.0 Å². The molecule has 0 aliphatic rings. The second-order valence-corrected chi connectivity index (χ2v) is 6.07. The summed E-state index contributed by atoms with van der Waals surface area (Å²) < 4.78 is 15.6. The Kier molecular flexibility index (Phi) is 3.41. The first kappa shape index (κ1) is 13.4. The summed E-state index contributed by atoms with van der Waals surface area (Å²) in [6, 6.07) is 6.24. The van der Waals surface area contributed by atoms with Crippen LogP contribution in [0.15, 0.2) is 35.8 Å². The molecule has 0 radical (unpaired) electrons. The second kappa shape index (κ2) is 5.09. The molecule has 0 amide bonds. The van der Waals surface area contributed by atoms with E-state index in [1.165, 1.54) is 28.2 Å². The molecule has 0 bridgehead atoms. The van der Waals surface area contributed by atoms with Crippen LogP contribution in [-0.4, -0.2) is 9.78 Å². The lowest BCUT2D eigenvalue weighted by atomic mass is 10.2. The average Bonchev–Trinajstić information content (AvgIpc) is 2.99. The van der Waals surface area contributed by atoms with Gasteiger partial charge in [0.25, 0.3) is 0 Å². The highest BCUT2D eigenvalue weighted by Crippen LogP contribution is 2.31. The molecule has 0 fully saturated rings. The van der Waals surface area contributed by atoms with E-state index in [1.807, 2.05) is 5.38 Å². The van der Waals surface area contributed by atoms with Crippen LogP contribution in [0, 0.1) is 5.82 Å². The minimum Gasteiger partial charge on any atom is -0.396 e. The SMILES string of the molecule is Nc1cn(-c2ccc(Cl)c(F)c2)nc1-c1csc(Cl)c1. The highest BCUT2D eigenvalue weighted by Gasteiger charge is 2.12. The Hall–Kier alpha value is -1.56. The van der Waals surface area contributed by atoms with Crippen LogP contribution in [0.5, 0.6) is 0 Å². The van der Waals surface area contributed by atoms with Crippen LogP contribution in [0.4, 0.5) is 10.1 Å². The maximum Gasteiger partial charge on any atom is 0.143 e. The third kappa shape index (κ3) is 2.40.